The summed E-state index contributed by atoms with van der Waals surface area (Å²) in [7, 11) is 1.63. The summed E-state index contributed by atoms with van der Waals surface area (Å²) in [4.78, 5) is 4.35. The maximum Gasteiger partial charge on any atom is 0.258 e. The topological polar surface area (TPSA) is 48.2 Å². The molecule has 3 rings (SSSR count). The molecule has 0 unspecified atom stereocenters. The van der Waals surface area contributed by atoms with Gasteiger partial charge in [-0.05, 0) is 35.9 Å². The molecule has 0 N–H and O–H groups in total. The minimum absolute atomic E-state index is 0.491. The minimum atomic E-state index is 0.491. The van der Waals surface area contributed by atoms with E-state index in [2.05, 4.69) is 10.1 Å². The summed E-state index contributed by atoms with van der Waals surface area (Å²) < 4.78 is 10.4. The molecule has 0 aliphatic heterocycles. The molecule has 1 aromatic heterocycles. The second-order valence-electron chi connectivity index (χ2n) is 4.43. The summed E-state index contributed by atoms with van der Waals surface area (Å²) in [6.07, 6.45) is 3.77. The van der Waals surface area contributed by atoms with E-state index in [1.165, 1.54) is 0 Å². The monoisotopic (exact) mass is 278 g/mol. The first-order valence-corrected chi connectivity index (χ1v) is 6.56. The van der Waals surface area contributed by atoms with Crippen LogP contribution in [0.15, 0.2) is 59.1 Å². The molecule has 3 aromatic rings. The molecular formula is C17H14N2O2. The fourth-order valence-corrected chi connectivity index (χ4v) is 1.89. The highest BCUT2D eigenvalue weighted by Crippen LogP contribution is 2.21. The van der Waals surface area contributed by atoms with Gasteiger partial charge in [0, 0.05) is 5.56 Å². The van der Waals surface area contributed by atoms with Gasteiger partial charge in [-0.25, -0.2) is 0 Å². The van der Waals surface area contributed by atoms with Gasteiger partial charge in [0.25, 0.3) is 5.89 Å². The SMILES string of the molecule is COc1ccc(-c2nc(/C=C/c3ccccc3)no2)cc1. The predicted molar refractivity (Wildman–Crippen MR) is 81.7 cm³/mol. The van der Waals surface area contributed by atoms with E-state index in [0.29, 0.717) is 11.7 Å². The fraction of sp³-hybridized carbons (Fsp3) is 0.0588. The zero-order valence-corrected chi connectivity index (χ0v) is 11.6. The standard InChI is InChI=1S/C17H14N2O2/c1-20-15-10-8-14(9-11-15)17-18-16(19-21-17)12-7-13-5-3-2-4-6-13/h2-12H,1H3/b12-7+. The number of hydrogen-bond donors (Lipinski definition) is 0. The lowest BCUT2D eigenvalue weighted by Gasteiger charge is -1.98. The first-order chi connectivity index (χ1) is 10.3. The predicted octanol–water partition coefficient (Wildman–Crippen LogP) is 3.92. The molecule has 0 aliphatic rings. The second-order valence-corrected chi connectivity index (χ2v) is 4.43. The van der Waals surface area contributed by atoms with Gasteiger partial charge in [0.1, 0.15) is 5.75 Å². The maximum atomic E-state index is 5.26. The molecule has 0 spiro atoms. The van der Waals surface area contributed by atoms with E-state index in [1.54, 1.807) is 7.11 Å². The molecule has 0 saturated heterocycles. The molecule has 4 nitrogen and oxygen atoms in total. The van der Waals surface area contributed by atoms with Gasteiger partial charge in [0.2, 0.25) is 0 Å². The zero-order chi connectivity index (χ0) is 14.5. The lowest BCUT2D eigenvalue weighted by atomic mass is 10.2. The van der Waals surface area contributed by atoms with Crippen LogP contribution in [-0.2, 0) is 0 Å². The van der Waals surface area contributed by atoms with Gasteiger partial charge in [-0.2, -0.15) is 4.98 Å². The largest absolute Gasteiger partial charge is 0.497 e. The van der Waals surface area contributed by atoms with Gasteiger partial charge in [0.15, 0.2) is 5.82 Å². The summed E-state index contributed by atoms with van der Waals surface area (Å²) in [6, 6.07) is 17.5. The molecule has 0 aliphatic carbocycles. The second kappa shape index (κ2) is 6.05. The minimum Gasteiger partial charge on any atom is -0.497 e. The Balaban J connectivity index is 1.78. The van der Waals surface area contributed by atoms with Gasteiger partial charge < -0.3 is 9.26 Å². The van der Waals surface area contributed by atoms with E-state index in [1.807, 2.05) is 66.7 Å². The molecule has 21 heavy (non-hydrogen) atoms. The number of hydrogen-bond acceptors (Lipinski definition) is 4. The van der Waals surface area contributed by atoms with Crippen LogP contribution in [0.25, 0.3) is 23.6 Å². The smallest absolute Gasteiger partial charge is 0.258 e. The Kier molecular flexibility index (Phi) is 3.78. The Bertz CT molecular complexity index is 731. The first-order valence-electron chi connectivity index (χ1n) is 6.56. The van der Waals surface area contributed by atoms with E-state index in [4.69, 9.17) is 9.26 Å². The molecule has 2 aromatic carbocycles. The third-order valence-electron chi connectivity index (χ3n) is 3.00. The highest BCUT2D eigenvalue weighted by atomic mass is 16.5. The molecular weight excluding hydrogens is 264 g/mol. The van der Waals surface area contributed by atoms with Crippen LogP contribution in [0.5, 0.6) is 5.75 Å². The molecule has 0 saturated carbocycles. The van der Waals surface area contributed by atoms with Crippen molar-refractivity contribution in [3.8, 4) is 17.2 Å². The third kappa shape index (κ3) is 3.17. The van der Waals surface area contributed by atoms with Crippen LogP contribution in [0.4, 0.5) is 0 Å². The average molecular weight is 278 g/mol. The van der Waals surface area contributed by atoms with Crippen LogP contribution in [-0.4, -0.2) is 17.3 Å². The van der Waals surface area contributed by atoms with E-state index >= 15 is 0 Å². The van der Waals surface area contributed by atoms with Crippen molar-refractivity contribution in [2.45, 2.75) is 0 Å². The van der Waals surface area contributed by atoms with E-state index in [-0.39, 0.29) is 0 Å². The lowest BCUT2D eigenvalue weighted by molar-refractivity contribution is 0.414. The summed E-state index contributed by atoms with van der Waals surface area (Å²) >= 11 is 0. The van der Waals surface area contributed by atoms with Crippen LogP contribution in [0.1, 0.15) is 11.4 Å². The molecule has 0 amide bonds. The lowest BCUT2D eigenvalue weighted by Crippen LogP contribution is -1.83. The Hall–Kier alpha value is -2.88. The number of benzene rings is 2. The molecule has 0 bridgehead atoms. The number of aromatic nitrogens is 2. The van der Waals surface area contributed by atoms with Gasteiger partial charge in [-0.15, -0.1) is 0 Å². The quantitative estimate of drug-likeness (QED) is 0.725. The van der Waals surface area contributed by atoms with Crippen molar-refractivity contribution in [1.29, 1.82) is 0 Å². The van der Waals surface area contributed by atoms with Crippen molar-refractivity contribution in [3.05, 3.63) is 66.0 Å². The Morgan fingerprint density at radius 3 is 2.43 bits per heavy atom. The van der Waals surface area contributed by atoms with Gasteiger partial charge in [-0.3, -0.25) is 0 Å². The van der Waals surface area contributed by atoms with Gasteiger partial charge >= 0.3 is 0 Å². The van der Waals surface area contributed by atoms with Crippen molar-refractivity contribution < 1.29 is 9.26 Å². The van der Waals surface area contributed by atoms with Gasteiger partial charge in [0.05, 0.1) is 7.11 Å². The Labute approximate surface area is 122 Å². The van der Waals surface area contributed by atoms with Gasteiger partial charge in [-0.1, -0.05) is 41.6 Å². The number of ether oxygens (including phenoxy) is 1. The summed E-state index contributed by atoms with van der Waals surface area (Å²) in [6.45, 7) is 0. The fourth-order valence-electron chi connectivity index (χ4n) is 1.89. The normalized spacial score (nSPS) is 10.9. The summed E-state index contributed by atoms with van der Waals surface area (Å²) in [5, 5.41) is 3.95. The highest BCUT2D eigenvalue weighted by molar-refractivity contribution is 5.67. The molecule has 4 heteroatoms. The summed E-state index contributed by atoms with van der Waals surface area (Å²) in [5.41, 5.74) is 1.95. The molecule has 1 heterocycles. The van der Waals surface area contributed by atoms with Crippen molar-refractivity contribution >= 4 is 12.2 Å². The molecule has 104 valence electrons. The molecule has 0 atom stereocenters. The van der Waals surface area contributed by atoms with Crippen molar-refractivity contribution in [1.82, 2.24) is 10.1 Å². The number of methoxy groups -OCH3 is 1. The molecule has 0 fully saturated rings. The summed E-state index contributed by atoms with van der Waals surface area (Å²) in [5.74, 6) is 1.83. The van der Waals surface area contributed by atoms with Crippen molar-refractivity contribution in [3.63, 3.8) is 0 Å². The van der Waals surface area contributed by atoms with Crippen LogP contribution in [0, 0.1) is 0 Å². The Morgan fingerprint density at radius 2 is 1.71 bits per heavy atom. The van der Waals surface area contributed by atoms with E-state index < -0.39 is 0 Å². The van der Waals surface area contributed by atoms with Crippen molar-refractivity contribution in [2.75, 3.05) is 7.11 Å². The Morgan fingerprint density at radius 1 is 0.952 bits per heavy atom. The maximum absolute atomic E-state index is 5.26. The average Bonchev–Trinajstić information content (AvgIpc) is 3.03. The van der Waals surface area contributed by atoms with E-state index in [9.17, 15) is 0 Å². The number of rotatable bonds is 4. The van der Waals surface area contributed by atoms with Crippen molar-refractivity contribution in [2.24, 2.45) is 0 Å². The zero-order valence-electron chi connectivity index (χ0n) is 11.6. The van der Waals surface area contributed by atoms with Crippen LogP contribution in [0.3, 0.4) is 0 Å². The molecule has 0 radical (unpaired) electrons. The third-order valence-corrected chi connectivity index (χ3v) is 3.00. The van der Waals surface area contributed by atoms with E-state index in [0.717, 1.165) is 16.9 Å². The van der Waals surface area contributed by atoms with Crippen LogP contribution in [0.2, 0.25) is 0 Å². The number of nitrogens with zero attached hydrogens (tertiary/aromatic N) is 2. The van der Waals surface area contributed by atoms with Crippen LogP contribution >= 0.6 is 0 Å². The first kappa shape index (κ1) is 13.1. The highest BCUT2D eigenvalue weighted by Gasteiger charge is 2.06. The van der Waals surface area contributed by atoms with Crippen LogP contribution < -0.4 is 4.74 Å².